The third kappa shape index (κ3) is 11.8. The second kappa shape index (κ2) is 20.4. The summed E-state index contributed by atoms with van der Waals surface area (Å²) in [6.45, 7) is 28.9. The van der Waals surface area contributed by atoms with Crippen molar-refractivity contribution in [3.63, 3.8) is 0 Å². The van der Waals surface area contributed by atoms with Crippen LogP contribution < -0.4 is 20.7 Å². The molecule has 0 bridgehead atoms. The molecule has 4 nitrogen and oxygen atoms in total. The van der Waals surface area contributed by atoms with E-state index in [4.69, 9.17) is 13.3 Å². The Hall–Kier alpha value is -3.15. The van der Waals surface area contributed by atoms with E-state index >= 15 is 0 Å². The van der Waals surface area contributed by atoms with Gasteiger partial charge in [0.15, 0.2) is 8.32 Å². The summed E-state index contributed by atoms with van der Waals surface area (Å²) in [6, 6.07) is 43.3. The lowest BCUT2D eigenvalue weighted by Gasteiger charge is -2.44. The van der Waals surface area contributed by atoms with Gasteiger partial charge >= 0.3 is 0 Å². The maximum Gasteiger partial charge on any atom is 0.261 e. The molecule has 0 aliphatic carbocycles. The number of benzene rings is 4. The van der Waals surface area contributed by atoms with E-state index in [1.165, 1.54) is 26.3 Å². The molecule has 1 N–H and O–H groups in total. The molecular weight excluding hydrogens is 761 g/mol. The Morgan fingerprint density at radius 1 is 0.569 bits per heavy atom. The number of allylic oxidation sites excluding steroid dienone is 2. The number of hydrogen-bond donors (Lipinski definition) is 1. The van der Waals surface area contributed by atoms with Crippen LogP contribution in [0.4, 0.5) is 0 Å². The molecular formula is C51H74O4Si3. The summed E-state index contributed by atoms with van der Waals surface area (Å²) in [5, 5.41) is 16.1. The Morgan fingerprint density at radius 2 is 0.948 bits per heavy atom. The van der Waals surface area contributed by atoms with Crippen LogP contribution in [0.1, 0.15) is 94.9 Å². The van der Waals surface area contributed by atoms with Gasteiger partial charge in [-0.25, -0.2) is 0 Å². The van der Waals surface area contributed by atoms with Crippen LogP contribution in [-0.4, -0.2) is 55.5 Å². The third-order valence-electron chi connectivity index (χ3n) is 12.1. The molecule has 2 atom stereocenters. The molecule has 0 aromatic heterocycles. The Bertz CT molecular complexity index is 1780. The first-order chi connectivity index (χ1) is 27.2. The van der Waals surface area contributed by atoms with Gasteiger partial charge in [-0.1, -0.05) is 207 Å². The highest BCUT2D eigenvalue weighted by molar-refractivity contribution is 7.00. The van der Waals surface area contributed by atoms with Crippen molar-refractivity contribution < 1.29 is 18.4 Å². The number of rotatable bonds is 19. The lowest BCUT2D eigenvalue weighted by atomic mass is 10.1. The van der Waals surface area contributed by atoms with Gasteiger partial charge < -0.3 is 18.4 Å². The molecule has 4 aromatic carbocycles. The Morgan fingerprint density at radius 3 is 1.31 bits per heavy atom. The summed E-state index contributed by atoms with van der Waals surface area (Å²) in [7, 11) is -7.33. The summed E-state index contributed by atoms with van der Waals surface area (Å²) >= 11 is 0. The van der Waals surface area contributed by atoms with Gasteiger partial charge in [-0.2, -0.15) is 0 Å². The predicted molar refractivity (Wildman–Crippen MR) is 257 cm³/mol. The van der Waals surface area contributed by atoms with Crippen LogP contribution in [0.2, 0.25) is 28.2 Å². The fourth-order valence-corrected chi connectivity index (χ4v) is 18.6. The van der Waals surface area contributed by atoms with Gasteiger partial charge in [0.2, 0.25) is 0 Å². The first-order valence-corrected chi connectivity index (χ1v) is 28.2. The van der Waals surface area contributed by atoms with Crippen molar-refractivity contribution in [2.24, 2.45) is 0 Å². The topological polar surface area (TPSA) is 47.9 Å². The normalized spacial score (nSPS) is 14.8. The van der Waals surface area contributed by atoms with Crippen LogP contribution in [0.15, 0.2) is 145 Å². The van der Waals surface area contributed by atoms with Crippen LogP contribution in [0.5, 0.6) is 0 Å². The van der Waals surface area contributed by atoms with Gasteiger partial charge in [-0.05, 0) is 81.6 Å². The van der Waals surface area contributed by atoms with Crippen molar-refractivity contribution in [3.05, 3.63) is 145 Å². The molecule has 0 saturated heterocycles. The fourth-order valence-electron chi connectivity index (χ4n) is 8.05. The maximum absolute atomic E-state index is 11.1. The first-order valence-electron chi connectivity index (χ1n) is 21.4. The number of aliphatic hydroxyl groups excluding tert-OH is 1. The van der Waals surface area contributed by atoms with Gasteiger partial charge in [0.25, 0.3) is 16.6 Å². The van der Waals surface area contributed by atoms with E-state index in [2.05, 4.69) is 210 Å². The van der Waals surface area contributed by atoms with E-state index in [1.807, 2.05) is 12.2 Å². The molecule has 0 spiro atoms. The van der Waals surface area contributed by atoms with Gasteiger partial charge in [0.05, 0.1) is 12.2 Å². The second-order valence-corrected chi connectivity index (χ2v) is 33.0. The van der Waals surface area contributed by atoms with E-state index in [0.717, 1.165) is 19.3 Å². The Balaban J connectivity index is 1.45. The molecule has 0 unspecified atom stereocenters. The molecule has 7 heteroatoms. The highest BCUT2D eigenvalue weighted by Gasteiger charge is 2.51. The van der Waals surface area contributed by atoms with E-state index in [0.29, 0.717) is 19.6 Å². The van der Waals surface area contributed by atoms with Crippen molar-refractivity contribution in [1.29, 1.82) is 0 Å². The van der Waals surface area contributed by atoms with Crippen LogP contribution in [0.3, 0.4) is 0 Å². The van der Waals surface area contributed by atoms with Crippen LogP contribution in [0, 0.1) is 0 Å². The van der Waals surface area contributed by atoms with Gasteiger partial charge in [0.1, 0.15) is 0 Å². The minimum atomic E-state index is -2.66. The summed E-state index contributed by atoms with van der Waals surface area (Å²) in [5.74, 6) is 0. The summed E-state index contributed by atoms with van der Waals surface area (Å²) in [6.07, 6.45) is 8.58. The number of hydrogen-bond acceptors (Lipinski definition) is 4. The van der Waals surface area contributed by atoms with Crippen molar-refractivity contribution in [1.82, 2.24) is 0 Å². The van der Waals surface area contributed by atoms with Crippen LogP contribution >= 0.6 is 0 Å². The summed E-state index contributed by atoms with van der Waals surface area (Å²) in [4.78, 5) is 0. The summed E-state index contributed by atoms with van der Waals surface area (Å²) in [5.41, 5.74) is 1.23. The zero-order chi connectivity index (χ0) is 42.7. The monoisotopic (exact) mass is 834 g/mol. The SMILES string of the molecule is C/C(=C\C=C\[C@@H](O)CCCO[Si](c1ccccc1)(c1ccccc1)C(C)(C)C)C[C@@H](CCO[Si](c1ccccc1)(c1ccccc1)C(C)(C)C)O[Si](C)(C)C(C)(C)C. The van der Waals surface area contributed by atoms with Gasteiger partial charge in [-0.15, -0.1) is 0 Å². The van der Waals surface area contributed by atoms with Crippen molar-refractivity contribution in [2.75, 3.05) is 13.2 Å². The predicted octanol–water partition coefficient (Wildman–Crippen LogP) is 11.0. The Labute approximate surface area is 356 Å². The molecule has 314 valence electrons. The lowest BCUT2D eigenvalue weighted by molar-refractivity contribution is 0.143. The number of aliphatic hydroxyl groups is 1. The molecule has 0 aliphatic heterocycles. The van der Waals surface area contributed by atoms with Gasteiger partial charge in [-0.3, -0.25) is 0 Å². The van der Waals surface area contributed by atoms with Crippen LogP contribution in [-0.2, 0) is 13.3 Å². The van der Waals surface area contributed by atoms with Crippen molar-refractivity contribution in [2.45, 2.75) is 135 Å². The molecule has 0 heterocycles. The molecule has 4 rings (SSSR count). The highest BCUT2D eigenvalue weighted by atomic mass is 28.4. The quantitative estimate of drug-likeness (QED) is 0.0581. The maximum atomic E-state index is 11.1. The molecule has 4 aromatic rings. The zero-order valence-corrected chi connectivity index (χ0v) is 40.8. The van der Waals surface area contributed by atoms with E-state index in [-0.39, 0.29) is 21.2 Å². The fraction of sp³-hybridized carbons (Fsp3) is 0.451. The average molecular weight is 835 g/mol. The standard InChI is InChI=1S/C51H74O4Si3/c1-42(27-25-28-43(52)29-26-39-53-57(50(5,6)7,45-30-17-13-18-31-45)46-32-19-14-20-33-46)41-44(55-56(11,12)49(2,3)4)38-40-54-58(51(8,9)10,47-34-21-15-22-35-47)48-36-23-16-24-37-48/h13-25,27-28,30-37,43-44,52H,26,29,38-41H2,1-12H3/b28-25+,42-27+/t43-,44-/m1/s1. The van der Waals surface area contributed by atoms with E-state index in [9.17, 15) is 5.11 Å². The van der Waals surface area contributed by atoms with Crippen molar-refractivity contribution in [3.8, 4) is 0 Å². The molecule has 0 radical (unpaired) electrons. The largest absolute Gasteiger partial charge is 0.414 e. The minimum Gasteiger partial charge on any atom is -0.414 e. The zero-order valence-electron chi connectivity index (χ0n) is 37.8. The highest BCUT2D eigenvalue weighted by Crippen LogP contribution is 2.40. The second-order valence-electron chi connectivity index (χ2n) is 19.6. The smallest absolute Gasteiger partial charge is 0.261 e. The van der Waals surface area contributed by atoms with Gasteiger partial charge in [0, 0.05) is 13.2 Å². The third-order valence-corrected chi connectivity index (χ3v) is 26.7. The minimum absolute atomic E-state index is 0.0207. The van der Waals surface area contributed by atoms with E-state index in [1.54, 1.807) is 0 Å². The Kier molecular flexibility index (Phi) is 16.7. The van der Waals surface area contributed by atoms with E-state index < -0.39 is 31.1 Å². The average Bonchev–Trinajstić information content (AvgIpc) is 3.16. The molecule has 0 saturated carbocycles. The molecule has 0 fully saturated rings. The van der Waals surface area contributed by atoms with Crippen molar-refractivity contribution >= 4 is 45.7 Å². The molecule has 0 aliphatic rings. The first kappa shape index (κ1) is 47.5. The molecule has 58 heavy (non-hydrogen) atoms. The lowest BCUT2D eigenvalue weighted by Crippen LogP contribution is -2.66. The van der Waals surface area contributed by atoms with Crippen LogP contribution in [0.25, 0.3) is 0 Å². The molecule has 0 amide bonds. The summed E-state index contributed by atoms with van der Waals surface area (Å²) < 4.78 is 21.5.